The second kappa shape index (κ2) is 8.18. The Morgan fingerprint density at radius 3 is 2.64 bits per heavy atom. The molecule has 2 aromatic heterocycles. The summed E-state index contributed by atoms with van der Waals surface area (Å²) in [4.78, 5) is 11.4. The van der Waals surface area contributed by atoms with Crippen molar-refractivity contribution in [3.63, 3.8) is 0 Å². The van der Waals surface area contributed by atoms with E-state index in [0.717, 1.165) is 21.9 Å². The number of para-hydroxylation sites is 1. The molecule has 2 aromatic carbocycles. The summed E-state index contributed by atoms with van der Waals surface area (Å²) >= 11 is 7.16. The van der Waals surface area contributed by atoms with Crippen LogP contribution in [0.15, 0.2) is 54.6 Å². The number of fused-ring (bicyclic) bond motifs is 1. The maximum atomic E-state index is 5.42. The van der Waals surface area contributed by atoms with Gasteiger partial charge in [-0.3, -0.25) is 10.00 Å². The fourth-order valence-electron chi connectivity index (χ4n) is 2.89. The number of hydrogen-bond donors (Lipinski definition) is 1. The highest BCUT2D eigenvalue weighted by Gasteiger charge is 2.17. The van der Waals surface area contributed by atoms with E-state index in [4.69, 9.17) is 17.2 Å². The molecule has 1 unspecified atom stereocenters. The van der Waals surface area contributed by atoms with Gasteiger partial charge in [-0.25, -0.2) is 9.67 Å². The molecule has 0 saturated heterocycles. The monoisotopic (exact) mass is 407 g/mol. The number of aromatic nitrogens is 4. The molecule has 7 heteroatoms. The van der Waals surface area contributed by atoms with Crippen molar-refractivity contribution in [2.24, 2.45) is 0 Å². The van der Waals surface area contributed by atoms with E-state index < -0.39 is 0 Å². The molecular formula is C21H21N5S2. The van der Waals surface area contributed by atoms with Gasteiger partial charge in [0.05, 0.1) is 22.9 Å². The van der Waals surface area contributed by atoms with Crippen LogP contribution in [0.5, 0.6) is 0 Å². The Balaban J connectivity index is 1.48. The Morgan fingerprint density at radius 2 is 1.86 bits per heavy atom. The first kappa shape index (κ1) is 18.7. The predicted molar refractivity (Wildman–Crippen MR) is 119 cm³/mol. The van der Waals surface area contributed by atoms with E-state index in [2.05, 4.69) is 53.2 Å². The molecule has 5 nitrogen and oxygen atoms in total. The molecule has 142 valence electrons. The molecule has 4 rings (SSSR count). The van der Waals surface area contributed by atoms with Gasteiger partial charge in [0.2, 0.25) is 4.77 Å². The molecule has 2 heterocycles. The molecule has 0 radical (unpaired) electrons. The van der Waals surface area contributed by atoms with Crippen LogP contribution in [0.3, 0.4) is 0 Å². The number of H-pyrrole nitrogens is 1. The van der Waals surface area contributed by atoms with E-state index in [-0.39, 0.29) is 6.04 Å². The largest absolute Gasteiger partial charge is 0.278 e. The number of thiazole rings is 1. The summed E-state index contributed by atoms with van der Waals surface area (Å²) in [7, 11) is 2.07. The van der Waals surface area contributed by atoms with Gasteiger partial charge < -0.3 is 0 Å². The van der Waals surface area contributed by atoms with E-state index in [1.54, 1.807) is 11.3 Å². The average molecular weight is 408 g/mol. The van der Waals surface area contributed by atoms with Crippen LogP contribution in [0.25, 0.3) is 22.4 Å². The van der Waals surface area contributed by atoms with E-state index in [1.807, 2.05) is 47.2 Å². The number of benzene rings is 2. The standard InChI is InChI=1S/C21H21N5S2/c1-15(20-22-17-10-6-7-11-18(17)28-20)25(2)14-26-21(27)23-19(24-26)13-12-16-8-4-3-5-9-16/h3-13,15H,14H2,1-2H3,(H,23,24,27)/b13-12+. The van der Waals surface area contributed by atoms with Crippen molar-refractivity contribution in [1.82, 2.24) is 24.6 Å². The van der Waals surface area contributed by atoms with Crippen LogP contribution in [0.4, 0.5) is 0 Å². The molecular weight excluding hydrogens is 386 g/mol. The minimum absolute atomic E-state index is 0.172. The Morgan fingerprint density at radius 1 is 1.11 bits per heavy atom. The second-order valence-electron chi connectivity index (χ2n) is 6.66. The van der Waals surface area contributed by atoms with Crippen LogP contribution < -0.4 is 0 Å². The van der Waals surface area contributed by atoms with Crippen molar-refractivity contribution in [2.75, 3.05) is 7.05 Å². The molecule has 0 aliphatic carbocycles. The third-order valence-corrected chi connectivity index (χ3v) is 6.14. The Labute approximate surface area is 173 Å². The van der Waals surface area contributed by atoms with Crippen molar-refractivity contribution < 1.29 is 0 Å². The average Bonchev–Trinajstić information content (AvgIpc) is 3.30. The molecule has 1 N–H and O–H groups in total. The maximum Gasteiger partial charge on any atom is 0.217 e. The van der Waals surface area contributed by atoms with Gasteiger partial charge in [-0.05, 0) is 50.0 Å². The quantitative estimate of drug-likeness (QED) is 0.437. The second-order valence-corrected chi connectivity index (χ2v) is 8.09. The van der Waals surface area contributed by atoms with Crippen molar-refractivity contribution in [2.45, 2.75) is 19.6 Å². The van der Waals surface area contributed by atoms with Crippen LogP contribution in [0.2, 0.25) is 0 Å². The molecule has 0 saturated carbocycles. The Bertz CT molecular complexity index is 1120. The van der Waals surface area contributed by atoms with Gasteiger partial charge in [0.1, 0.15) is 10.8 Å². The molecule has 1 atom stereocenters. The molecule has 0 aliphatic rings. The summed E-state index contributed by atoms with van der Waals surface area (Å²) < 4.78 is 3.63. The summed E-state index contributed by atoms with van der Waals surface area (Å²) in [6.07, 6.45) is 3.96. The lowest BCUT2D eigenvalue weighted by atomic mass is 10.2. The highest BCUT2D eigenvalue weighted by atomic mass is 32.1. The highest BCUT2D eigenvalue weighted by molar-refractivity contribution is 7.71. The van der Waals surface area contributed by atoms with Crippen molar-refractivity contribution in [3.05, 3.63) is 75.8 Å². The first-order valence-electron chi connectivity index (χ1n) is 9.06. The zero-order valence-corrected chi connectivity index (χ0v) is 17.4. The fraction of sp³-hybridized carbons (Fsp3) is 0.190. The Hall–Kier alpha value is -2.61. The Kier molecular flexibility index (Phi) is 5.47. The van der Waals surface area contributed by atoms with Crippen LogP contribution in [-0.2, 0) is 6.67 Å². The highest BCUT2D eigenvalue weighted by Crippen LogP contribution is 2.28. The molecule has 0 aliphatic heterocycles. The molecule has 0 bridgehead atoms. The lowest BCUT2D eigenvalue weighted by molar-refractivity contribution is 0.194. The first-order valence-corrected chi connectivity index (χ1v) is 10.3. The number of rotatable bonds is 6. The fourth-order valence-corrected chi connectivity index (χ4v) is 4.17. The molecule has 28 heavy (non-hydrogen) atoms. The summed E-state index contributed by atoms with van der Waals surface area (Å²) in [6.45, 7) is 2.77. The third kappa shape index (κ3) is 4.11. The zero-order valence-electron chi connectivity index (χ0n) is 15.7. The topological polar surface area (TPSA) is 49.7 Å². The van der Waals surface area contributed by atoms with Crippen LogP contribution in [-0.4, -0.2) is 31.7 Å². The lowest BCUT2D eigenvalue weighted by Gasteiger charge is -2.22. The number of nitrogens with zero attached hydrogens (tertiary/aromatic N) is 4. The van der Waals surface area contributed by atoms with E-state index in [9.17, 15) is 0 Å². The van der Waals surface area contributed by atoms with Gasteiger partial charge in [0, 0.05) is 0 Å². The smallest absolute Gasteiger partial charge is 0.217 e. The number of hydrogen-bond acceptors (Lipinski definition) is 5. The van der Waals surface area contributed by atoms with Gasteiger partial charge in [-0.2, -0.15) is 4.98 Å². The molecule has 0 amide bonds. The van der Waals surface area contributed by atoms with Crippen LogP contribution >= 0.6 is 23.6 Å². The minimum Gasteiger partial charge on any atom is -0.278 e. The normalized spacial score (nSPS) is 13.0. The summed E-state index contributed by atoms with van der Waals surface area (Å²) in [6, 6.07) is 18.5. The van der Waals surface area contributed by atoms with Crippen LogP contribution in [0, 0.1) is 4.77 Å². The predicted octanol–water partition coefficient (Wildman–Crippen LogP) is 5.37. The van der Waals surface area contributed by atoms with Crippen molar-refractivity contribution >= 4 is 45.9 Å². The van der Waals surface area contributed by atoms with Crippen molar-refractivity contribution in [3.8, 4) is 0 Å². The SMILES string of the molecule is CC(c1nc2ccccc2s1)N(C)Cn1[nH]c(/C=C/c2ccccc2)nc1=S. The van der Waals surface area contributed by atoms with Crippen molar-refractivity contribution in [1.29, 1.82) is 0 Å². The van der Waals surface area contributed by atoms with Gasteiger partial charge in [0.25, 0.3) is 0 Å². The summed E-state index contributed by atoms with van der Waals surface area (Å²) in [5.41, 5.74) is 2.17. The molecule has 0 spiro atoms. The number of aromatic amines is 1. The molecule has 4 aromatic rings. The van der Waals surface area contributed by atoms with Gasteiger partial charge in [-0.1, -0.05) is 48.5 Å². The third-order valence-electron chi connectivity index (χ3n) is 4.62. The van der Waals surface area contributed by atoms with E-state index in [0.29, 0.717) is 11.4 Å². The van der Waals surface area contributed by atoms with E-state index in [1.165, 1.54) is 4.70 Å². The van der Waals surface area contributed by atoms with Gasteiger partial charge in [-0.15, -0.1) is 11.3 Å². The zero-order chi connectivity index (χ0) is 19.5. The number of nitrogens with one attached hydrogen (secondary N) is 1. The van der Waals surface area contributed by atoms with Gasteiger partial charge >= 0.3 is 0 Å². The minimum atomic E-state index is 0.172. The van der Waals surface area contributed by atoms with Crippen LogP contribution in [0.1, 0.15) is 29.4 Å². The van der Waals surface area contributed by atoms with E-state index >= 15 is 0 Å². The summed E-state index contributed by atoms with van der Waals surface area (Å²) in [5, 5.41) is 4.37. The summed E-state index contributed by atoms with van der Waals surface area (Å²) in [5.74, 6) is 0.745. The lowest BCUT2D eigenvalue weighted by Crippen LogP contribution is -2.26. The maximum absolute atomic E-state index is 5.42. The first-order chi connectivity index (χ1) is 13.6. The molecule has 0 fully saturated rings. The van der Waals surface area contributed by atoms with Gasteiger partial charge in [0.15, 0.2) is 0 Å².